The van der Waals surface area contributed by atoms with Crippen molar-refractivity contribution < 1.29 is 33.4 Å². The third-order valence-electron chi connectivity index (χ3n) is 4.84. The van der Waals surface area contributed by atoms with Gasteiger partial charge in [-0.25, -0.2) is 14.2 Å². The third-order valence-corrected chi connectivity index (χ3v) is 6.30. The first kappa shape index (κ1) is 20.7. The molecule has 2 aliphatic rings. The molecule has 1 saturated heterocycles. The minimum atomic E-state index is -3.64. The maximum atomic E-state index is 13.0. The third kappa shape index (κ3) is 3.78. The van der Waals surface area contributed by atoms with E-state index in [4.69, 9.17) is 19.5 Å². The van der Waals surface area contributed by atoms with Gasteiger partial charge < -0.3 is 25.2 Å². The lowest BCUT2D eigenvalue weighted by atomic mass is 10.1. The second-order valence-electron chi connectivity index (χ2n) is 7.20. The molecule has 0 bridgehead atoms. The monoisotopic (exact) mass is 436 g/mol. The summed E-state index contributed by atoms with van der Waals surface area (Å²) < 4.78 is 30.7. The number of primary amides is 1. The second-order valence-corrected chi connectivity index (χ2v) is 9.02. The van der Waals surface area contributed by atoms with Crippen LogP contribution in [0.5, 0.6) is 5.75 Å². The van der Waals surface area contributed by atoms with Crippen molar-refractivity contribution in [3.8, 4) is 5.75 Å². The van der Waals surface area contributed by atoms with Crippen molar-refractivity contribution in [2.75, 3.05) is 0 Å². The second kappa shape index (κ2) is 7.60. The number of amides is 1. The van der Waals surface area contributed by atoms with E-state index in [1.165, 1.54) is 11.9 Å². The number of hydrogen-bond acceptors (Lipinski definition) is 9. The molecular formula is C18H21N4O7P. The molecule has 1 unspecified atom stereocenters. The van der Waals surface area contributed by atoms with Gasteiger partial charge in [0.15, 0.2) is 6.23 Å². The Balaban J connectivity index is 1.51. The average Bonchev–Trinajstić information content (AvgIpc) is 3.28. The molecule has 2 aromatic rings. The maximum Gasteiger partial charge on any atom is 0.403 e. The lowest BCUT2D eigenvalue weighted by Crippen LogP contribution is -2.31. The van der Waals surface area contributed by atoms with Crippen LogP contribution >= 0.6 is 7.60 Å². The summed E-state index contributed by atoms with van der Waals surface area (Å²) in [6.07, 6.45) is -2.39. The molecule has 160 valence electrons. The van der Waals surface area contributed by atoms with Crippen LogP contribution in [0.1, 0.15) is 33.5 Å². The average molecular weight is 436 g/mol. The Morgan fingerprint density at radius 3 is 2.80 bits per heavy atom. The summed E-state index contributed by atoms with van der Waals surface area (Å²) in [6.45, 7) is 3.92. The van der Waals surface area contributed by atoms with Crippen LogP contribution < -0.4 is 10.3 Å². The zero-order chi connectivity index (χ0) is 21.6. The van der Waals surface area contributed by atoms with E-state index in [9.17, 15) is 19.6 Å². The Kier molecular flexibility index (Phi) is 5.25. The minimum absolute atomic E-state index is 0.119. The molecule has 3 heterocycles. The van der Waals surface area contributed by atoms with Crippen molar-refractivity contribution in [1.82, 2.24) is 14.8 Å². The minimum Gasteiger partial charge on any atom is -0.421 e. The van der Waals surface area contributed by atoms with Gasteiger partial charge in [-0.2, -0.15) is 0 Å². The topological polar surface area (TPSA) is 159 Å². The van der Waals surface area contributed by atoms with Gasteiger partial charge >= 0.3 is 7.60 Å². The van der Waals surface area contributed by atoms with Crippen LogP contribution in [-0.4, -0.2) is 49.2 Å². The van der Waals surface area contributed by atoms with Crippen molar-refractivity contribution in [3.63, 3.8) is 0 Å². The zero-order valence-corrected chi connectivity index (χ0v) is 17.1. The summed E-state index contributed by atoms with van der Waals surface area (Å²) >= 11 is 0. The molecule has 1 aromatic heterocycles. The molecule has 30 heavy (non-hydrogen) atoms. The highest BCUT2D eigenvalue weighted by Gasteiger charge is 2.44. The van der Waals surface area contributed by atoms with E-state index in [2.05, 4.69) is 10.1 Å². The number of nitrogens with zero attached hydrogens (tertiary/aromatic N) is 3. The molecule has 12 heteroatoms. The number of carbonyl (C=O) groups excluding carboxylic acids is 1. The van der Waals surface area contributed by atoms with Crippen LogP contribution in [-0.2, 0) is 20.4 Å². The molecule has 0 aliphatic carbocycles. The smallest absolute Gasteiger partial charge is 0.403 e. The predicted molar refractivity (Wildman–Crippen MR) is 103 cm³/mol. The predicted octanol–water partition coefficient (Wildman–Crippen LogP) is 0.929. The first-order valence-electron chi connectivity index (χ1n) is 9.13. The number of carbonyl (C=O) groups is 1. The van der Waals surface area contributed by atoms with Gasteiger partial charge in [0.1, 0.15) is 30.4 Å². The summed E-state index contributed by atoms with van der Waals surface area (Å²) in [5.41, 5.74) is 7.80. The summed E-state index contributed by atoms with van der Waals surface area (Å²) in [4.78, 5) is 14.9. The van der Waals surface area contributed by atoms with Crippen LogP contribution in [0.4, 0.5) is 0 Å². The highest BCUT2D eigenvalue weighted by Crippen LogP contribution is 2.56. The lowest BCUT2D eigenvalue weighted by molar-refractivity contribution is -0.0346. The molecule has 0 spiro atoms. The fourth-order valence-electron chi connectivity index (χ4n) is 3.43. The molecular weight excluding hydrogens is 415 g/mol. The number of aliphatic hydroxyl groups excluding tert-OH is 2. The highest BCUT2D eigenvalue weighted by atomic mass is 31.2. The number of hydrogen-bond donors (Lipinski definition) is 3. The quantitative estimate of drug-likeness (QED) is 0.593. The van der Waals surface area contributed by atoms with Crippen molar-refractivity contribution in [2.45, 2.75) is 45.0 Å². The van der Waals surface area contributed by atoms with Gasteiger partial charge in [-0.3, -0.25) is 9.32 Å². The normalized spacial score (nSPS) is 30.9. The number of rotatable bonds is 4. The molecule has 1 amide bonds. The first-order chi connectivity index (χ1) is 14.2. The first-order valence-corrected chi connectivity index (χ1v) is 10.7. The summed E-state index contributed by atoms with van der Waals surface area (Å²) in [5.74, 6) is 0.618. The van der Waals surface area contributed by atoms with E-state index in [-0.39, 0.29) is 12.4 Å². The van der Waals surface area contributed by atoms with Gasteiger partial charge in [-0.15, -0.1) is 5.10 Å². The standard InChI is InChI=1S/C18H21N4O7P/c1-9-5-10(2)15-11(6-9)7-27-30(26,29-15)4-3-12-13(23)14(24)18(28-12)22-8-20-17(21-22)16(19)25/h3-6,8,12-14,18,23-24H,7H2,1-2H3,(H2,19,25)/b4-3+/t12-,13-,14-,18-,30?/m1/s1. The van der Waals surface area contributed by atoms with Crippen LogP contribution in [0.3, 0.4) is 0 Å². The van der Waals surface area contributed by atoms with Crippen molar-refractivity contribution in [3.05, 3.63) is 52.9 Å². The molecule has 4 rings (SSSR count). The molecule has 5 atom stereocenters. The molecule has 1 fully saturated rings. The largest absolute Gasteiger partial charge is 0.421 e. The number of fused-ring (bicyclic) bond motifs is 1. The Morgan fingerprint density at radius 1 is 1.33 bits per heavy atom. The van der Waals surface area contributed by atoms with Gasteiger partial charge in [-0.05, 0) is 25.5 Å². The fourth-order valence-corrected chi connectivity index (χ4v) is 4.85. The number of aryl methyl sites for hydroxylation is 2. The van der Waals surface area contributed by atoms with Gasteiger partial charge in [0.25, 0.3) is 5.91 Å². The summed E-state index contributed by atoms with van der Waals surface area (Å²) in [5, 5.41) is 24.4. The summed E-state index contributed by atoms with van der Waals surface area (Å²) in [6, 6.07) is 3.82. The molecule has 2 aliphatic heterocycles. The van der Waals surface area contributed by atoms with Gasteiger partial charge in [0.2, 0.25) is 5.82 Å². The molecule has 1 aromatic carbocycles. The van der Waals surface area contributed by atoms with Crippen molar-refractivity contribution in [2.24, 2.45) is 5.73 Å². The highest BCUT2D eigenvalue weighted by molar-refractivity contribution is 7.57. The molecule has 4 N–H and O–H groups in total. The van der Waals surface area contributed by atoms with Crippen LogP contribution in [0.15, 0.2) is 30.4 Å². The molecule has 0 saturated carbocycles. The van der Waals surface area contributed by atoms with Gasteiger partial charge in [0, 0.05) is 11.4 Å². The Labute approximate surface area is 171 Å². The van der Waals surface area contributed by atoms with Gasteiger partial charge in [-0.1, -0.05) is 17.7 Å². The van der Waals surface area contributed by atoms with Crippen LogP contribution in [0.2, 0.25) is 0 Å². The summed E-state index contributed by atoms with van der Waals surface area (Å²) in [7, 11) is -3.64. The molecule has 11 nitrogen and oxygen atoms in total. The SMILES string of the molecule is Cc1cc(C)c2c(c1)COP(=O)(/C=C/[C@H]1O[C@@H](n3cnc(C(N)=O)n3)[C@H](O)[C@@H]1O)O2. The number of benzene rings is 1. The van der Waals surface area contributed by atoms with Crippen LogP contribution in [0.25, 0.3) is 0 Å². The van der Waals surface area contributed by atoms with E-state index >= 15 is 0 Å². The van der Waals surface area contributed by atoms with E-state index < -0.39 is 38.0 Å². The van der Waals surface area contributed by atoms with E-state index in [1.54, 1.807) is 0 Å². The zero-order valence-electron chi connectivity index (χ0n) is 16.2. The lowest BCUT2D eigenvalue weighted by Gasteiger charge is -2.26. The van der Waals surface area contributed by atoms with E-state index in [0.717, 1.165) is 27.7 Å². The number of aromatic nitrogens is 3. The Hall–Kier alpha value is -2.56. The Morgan fingerprint density at radius 2 is 2.10 bits per heavy atom. The van der Waals surface area contributed by atoms with Crippen molar-refractivity contribution >= 4 is 13.5 Å². The van der Waals surface area contributed by atoms with Crippen LogP contribution in [0, 0.1) is 13.8 Å². The number of nitrogens with two attached hydrogens (primary N) is 1. The van der Waals surface area contributed by atoms with E-state index in [1.807, 2.05) is 26.0 Å². The Bertz CT molecular complexity index is 1070. The molecule has 0 radical (unpaired) electrons. The van der Waals surface area contributed by atoms with Crippen molar-refractivity contribution in [1.29, 1.82) is 0 Å². The fraction of sp³-hybridized carbons (Fsp3) is 0.389. The number of ether oxygens (including phenoxy) is 1. The number of aliphatic hydroxyl groups is 2. The maximum absolute atomic E-state index is 13.0. The van der Waals surface area contributed by atoms with E-state index in [0.29, 0.717) is 5.75 Å². The van der Waals surface area contributed by atoms with Gasteiger partial charge in [0.05, 0.1) is 6.61 Å².